The summed E-state index contributed by atoms with van der Waals surface area (Å²) in [6.45, 7) is 6.77. The second-order valence-corrected chi connectivity index (χ2v) is 8.96. The third-order valence-electron chi connectivity index (χ3n) is 5.27. The summed E-state index contributed by atoms with van der Waals surface area (Å²) in [4.78, 5) is 18.9. The fraction of sp³-hybridized carbons (Fsp3) is 0.391. The van der Waals surface area contributed by atoms with Crippen molar-refractivity contribution < 1.29 is 9.53 Å². The smallest absolute Gasteiger partial charge is 0.410 e. The van der Waals surface area contributed by atoms with Crippen LogP contribution in [0.4, 0.5) is 16.3 Å². The Kier molecular flexibility index (Phi) is 5.61. The van der Waals surface area contributed by atoms with E-state index in [2.05, 4.69) is 16.5 Å². The van der Waals surface area contributed by atoms with Gasteiger partial charge in [-0.2, -0.15) is 10.4 Å². The molecule has 9 heteroatoms. The molecule has 4 rings (SSSR count). The number of anilines is 2. The molecule has 1 saturated heterocycles. The number of likely N-dealkylation sites (tertiary alicyclic amines) is 1. The molecule has 0 unspecified atom stereocenters. The van der Waals surface area contributed by atoms with Gasteiger partial charge in [-0.3, -0.25) is 0 Å². The third-order valence-corrected chi connectivity index (χ3v) is 5.27. The van der Waals surface area contributed by atoms with Crippen LogP contribution in [0.3, 0.4) is 0 Å². The van der Waals surface area contributed by atoms with Gasteiger partial charge in [0.1, 0.15) is 11.4 Å². The number of aromatic nitrogens is 3. The average molecular weight is 434 g/mol. The molecule has 9 nitrogen and oxygen atoms in total. The van der Waals surface area contributed by atoms with E-state index in [4.69, 9.17) is 15.5 Å². The number of piperidine rings is 1. The van der Waals surface area contributed by atoms with Crippen LogP contribution in [0.2, 0.25) is 0 Å². The van der Waals surface area contributed by atoms with E-state index >= 15 is 0 Å². The monoisotopic (exact) mass is 433 g/mol. The molecule has 0 bridgehead atoms. The molecule has 0 aliphatic carbocycles. The van der Waals surface area contributed by atoms with Gasteiger partial charge in [-0.15, -0.1) is 0 Å². The number of nitriles is 1. The second kappa shape index (κ2) is 8.38. The zero-order valence-corrected chi connectivity index (χ0v) is 18.5. The molecule has 3 N–H and O–H groups in total. The lowest BCUT2D eigenvalue weighted by Crippen LogP contribution is -2.47. The lowest BCUT2D eigenvalue weighted by Gasteiger charge is -2.34. The molecule has 3 aromatic rings. The van der Waals surface area contributed by atoms with Crippen molar-refractivity contribution in [3.8, 4) is 17.3 Å². The Bertz CT molecular complexity index is 1190. The fourth-order valence-corrected chi connectivity index (χ4v) is 3.76. The summed E-state index contributed by atoms with van der Waals surface area (Å²) in [5.74, 6) is 0.564. The number of fused-ring (bicyclic) bond motifs is 1. The number of amides is 1. The van der Waals surface area contributed by atoms with E-state index < -0.39 is 5.60 Å². The van der Waals surface area contributed by atoms with E-state index in [1.165, 1.54) is 0 Å². The molecule has 0 aromatic carbocycles. The fourth-order valence-electron chi connectivity index (χ4n) is 3.76. The van der Waals surface area contributed by atoms with Gasteiger partial charge in [-0.25, -0.2) is 14.3 Å². The number of nitrogens with zero attached hydrogens (tertiary/aromatic N) is 5. The predicted molar refractivity (Wildman–Crippen MR) is 122 cm³/mol. The molecule has 0 spiro atoms. The van der Waals surface area contributed by atoms with Crippen LogP contribution in [0.5, 0.6) is 0 Å². The van der Waals surface area contributed by atoms with Gasteiger partial charge in [-0.1, -0.05) is 0 Å². The van der Waals surface area contributed by atoms with Crippen molar-refractivity contribution in [2.24, 2.45) is 0 Å². The first-order valence-electron chi connectivity index (χ1n) is 10.6. The number of rotatable bonds is 3. The molecule has 0 saturated carbocycles. The van der Waals surface area contributed by atoms with E-state index in [9.17, 15) is 10.1 Å². The van der Waals surface area contributed by atoms with Crippen molar-refractivity contribution in [3.63, 3.8) is 0 Å². The van der Waals surface area contributed by atoms with Crippen molar-refractivity contribution in [1.82, 2.24) is 19.5 Å². The minimum atomic E-state index is -0.530. The molecule has 1 fully saturated rings. The molecule has 1 aliphatic heterocycles. The van der Waals surface area contributed by atoms with Crippen LogP contribution in [0.15, 0.2) is 36.7 Å². The normalized spacial score (nSPS) is 16.6. The molecule has 1 aliphatic rings. The van der Waals surface area contributed by atoms with Gasteiger partial charge < -0.3 is 20.7 Å². The molecular weight excluding hydrogens is 406 g/mol. The van der Waals surface area contributed by atoms with Crippen molar-refractivity contribution in [2.75, 3.05) is 24.1 Å². The highest BCUT2D eigenvalue weighted by Crippen LogP contribution is 2.28. The predicted octanol–water partition coefficient (Wildman–Crippen LogP) is 3.66. The number of carbonyl (C=O) groups excluding carboxylic acids is 1. The molecule has 1 amide bonds. The zero-order valence-electron chi connectivity index (χ0n) is 18.5. The summed E-state index contributed by atoms with van der Waals surface area (Å²) in [6, 6.07) is 9.30. The number of carbonyl (C=O) groups is 1. The lowest BCUT2D eigenvalue weighted by atomic mass is 10.1. The summed E-state index contributed by atoms with van der Waals surface area (Å²) in [5, 5.41) is 17.0. The Morgan fingerprint density at radius 1 is 1.34 bits per heavy atom. The van der Waals surface area contributed by atoms with E-state index in [-0.39, 0.29) is 12.1 Å². The third kappa shape index (κ3) is 4.59. The number of hydrogen-bond acceptors (Lipinski definition) is 7. The first kappa shape index (κ1) is 21.4. The highest BCUT2D eigenvalue weighted by molar-refractivity contribution is 5.80. The van der Waals surface area contributed by atoms with Crippen LogP contribution in [0, 0.1) is 11.3 Å². The minimum absolute atomic E-state index is 0.00964. The maximum atomic E-state index is 12.5. The Morgan fingerprint density at radius 3 is 2.91 bits per heavy atom. The van der Waals surface area contributed by atoms with Crippen molar-refractivity contribution in [3.05, 3.63) is 42.2 Å². The van der Waals surface area contributed by atoms with E-state index in [0.29, 0.717) is 35.9 Å². The van der Waals surface area contributed by atoms with Crippen LogP contribution in [-0.2, 0) is 4.74 Å². The summed E-state index contributed by atoms with van der Waals surface area (Å²) in [7, 11) is 0. The Labute approximate surface area is 186 Å². The van der Waals surface area contributed by atoms with E-state index in [1.54, 1.807) is 40.0 Å². The molecule has 3 aromatic heterocycles. The van der Waals surface area contributed by atoms with Crippen LogP contribution >= 0.6 is 0 Å². The SMILES string of the molecule is CC(C)(C)OC(=O)N1CCC[C@H](Nc2nc(-c3cnn4ccc(C#N)cc34)ccc2N)C1. The quantitative estimate of drug-likeness (QED) is 0.646. The summed E-state index contributed by atoms with van der Waals surface area (Å²) >= 11 is 0. The van der Waals surface area contributed by atoms with E-state index in [0.717, 1.165) is 23.9 Å². The zero-order chi connectivity index (χ0) is 22.9. The van der Waals surface area contributed by atoms with Crippen LogP contribution in [-0.4, -0.2) is 50.3 Å². The number of pyridine rings is 2. The van der Waals surface area contributed by atoms with Gasteiger partial charge >= 0.3 is 6.09 Å². The summed E-state index contributed by atoms with van der Waals surface area (Å²) < 4.78 is 7.22. The maximum absolute atomic E-state index is 12.5. The minimum Gasteiger partial charge on any atom is -0.444 e. The molecule has 4 heterocycles. The van der Waals surface area contributed by atoms with Crippen molar-refractivity contribution >= 4 is 23.1 Å². The Morgan fingerprint density at radius 2 is 2.16 bits per heavy atom. The van der Waals surface area contributed by atoms with Gasteiger partial charge in [0.05, 0.1) is 34.7 Å². The van der Waals surface area contributed by atoms with Gasteiger partial charge in [-0.05, 0) is 57.9 Å². The molecular formula is C23H27N7O2. The van der Waals surface area contributed by atoms with Gasteiger partial charge in [0.25, 0.3) is 0 Å². The lowest BCUT2D eigenvalue weighted by molar-refractivity contribution is 0.0206. The van der Waals surface area contributed by atoms with Crippen LogP contribution < -0.4 is 11.1 Å². The molecule has 166 valence electrons. The van der Waals surface area contributed by atoms with Crippen molar-refractivity contribution in [2.45, 2.75) is 45.3 Å². The highest BCUT2D eigenvalue weighted by Gasteiger charge is 2.28. The number of ether oxygens (including phenoxy) is 1. The van der Waals surface area contributed by atoms with E-state index in [1.807, 2.05) is 26.8 Å². The molecule has 32 heavy (non-hydrogen) atoms. The van der Waals surface area contributed by atoms with Gasteiger partial charge in [0.15, 0.2) is 0 Å². The molecule has 0 radical (unpaired) electrons. The first-order chi connectivity index (χ1) is 15.2. The Hall–Kier alpha value is -3.80. The second-order valence-electron chi connectivity index (χ2n) is 8.96. The number of nitrogen functional groups attached to an aromatic ring is 1. The number of hydrogen-bond donors (Lipinski definition) is 2. The maximum Gasteiger partial charge on any atom is 0.410 e. The van der Waals surface area contributed by atoms with Gasteiger partial charge in [0.2, 0.25) is 0 Å². The standard InChI is InChI=1S/C23H27N7O2/c1-23(2,3)32-22(31)29-9-4-5-16(14-29)27-21-18(25)6-7-19(28-21)17-13-26-30-10-8-15(12-24)11-20(17)30/h6-8,10-11,13,16H,4-5,9,14,25H2,1-3H3,(H,27,28)/t16-/m0/s1. The summed E-state index contributed by atoms with van der Waals surface area (Å²) in [5.41, 5.74) is 9.05. The topological polar surface area (TPSA) is 122 Å². The number of nitrogens with two attached hydrogens (primary N) is 1. The highest BCUT2D eigenvalue weighted by atomic mass is 16.6. The first-order valence-corrected chi connectivity index (χ1v) is 10.6. The van der Waals surface area contributed by atoms with Crippen LogP contribution in [0.1, 0.15) is 39.2 Å². The number of nitrogens with one attached hydrogen (secondary N) is 1. The largest absolute Gasteiger partial charge is 0.444 e. The van der Waals surface area contributed by atoms with Crippen molar-refractivity contribution in [1.29, 1.82) is 5.26 Å². The van der Waals surface area contributed by atoms with Crippen LogP contribution in [0.25, 0.3) is 16.8 Å². The molecule has 1 atom stereocenters. The average Bonchev–Trinajstić information content (AvgIpc) is 3.17. The Balaban J connectivity index is 1.55. The van der Waals surface area contributed by atoms with Gasteiger partial charge in [0, 0.05) is 30.9 Å². The summed E-state index contributed by atoms with van der Waals surface area (Å²) in [6.07, 6.45) is 4.93.